The van der Waals surface area contributed by atoms with Crippen LogP contribution in [0.5, 0.6) is 0 Å². The van der Waals surface area contributed by atoms with Crippen molar-refractivity contribution < 1.29 is 4.79 Å². The third-order valence-corrected chi connectivity index (χ3v) is 4.22. The van der Waals surface area contributed by atoms with Gasteiger partial charge in [-0.3, -0.25) is 4.79 Å². The van der Waals surface area contributed by atoms with Crippen LogP contribution in [0.2, 0.25) is 0 Å². The van der Waals surface area contributed by atoms with Crippen LogP contribution in [0.15, 0.2) is 60.7 Å². The van der Waals surface area contributed by atoms with Crippen LogP contribution in [0.25, 0.3) is 21.9 Å². The average molecular weight is 316 g/mol. The number of nitrogen functional groups attached to an aromatic ring is 1. The third kappa shape index (κ3) is 2.18. The highest BCUT2D eigenvalue weighted by Crippen LogP contribution is 2.30. The van der Waals surface area contributed by atoms with Crippen molar-refractivity contribution in [3.8, 4) is 0 Å². The van der Waals surface area contributed by atoms with Crippen LogP contribution in [-0.4, -0.2) is 15.5 Å². The van der Waals surface area contributed by atoms with Crippen molar-refractivity contribution in [2.24, 2.45) is 5.73 Å². The Hall–Kier alpha value is -3.34. The van der Waals surface area contributed by atoms with E-state index in [0.717, 1.165) is 21.9 Å². The van der Waals surface area contributed by atoms with Gasteiger partial charge in [-0.2, -0.15) is 0 Å². The maximum absolute atomic E-state index is 11.6. The van der Waals surface area contributed by atoms with Gasteiger partial charge in [0, 0.05) is 17.3 Å². The number of nitrogens with zero attached hydrogens (tertiary/aromatic N) is 2. The van der Waals surface area contributed by atoms with Gasteiger partial charge in [0.05, 0.1) is 11.1 Å². The molecule has 118 valence electrons. The van der Waals surface area contributed by atoms with Crippen molar-refractivity contribution in [1.82, 2.24) is 9.55 Å². The van der Waals surface area contributed by atoms with Crippen LogP contribution in [-0.2, 0) is 6.54 Å². The lowest BCUT2D eigenvalue weighted by molar-refractivity contribution is 0.100. The van der Waals surface area contributed by atoms with E-state index in [9.17, 15) is 4.79 Å². The fraction of sp³-hybridized carbons (Fsp3) is 0.0526. The number of hydrogen-bond donors (Lipinski definition) is 2. The van der Waals surface area contributed by atoms with Crippen LogP contribution in [0.1, 0.15) is 15.9 Å². The van der Waals surface area contributed by atoms with Gasteiger partial charge in [-0.05, 0) is 17.7 Å². The molecular weight excluding hydrogens is 300 g/mol. The van der Waals surface area contributed by atoms with E-state index < -0.39 is 5.91 Å². The van der Waals surface area contributed by atoms with Crippen molar-refractivity contribution in [1.29, 1.82) is 0 Å². The summed E-state index contributed by atoms with van der Waals surface area (Å²) in [4.78, 5) is 16.1. The molecule has 0 aliphatic rings. The first kappa shape index (κ1) is 14.3. The van der Waals surface area contributed by atoms with Crippen LogP contribution in [0.4, 0.5) is 5.82 Å². The molecule has 0 radical (unpaired) electrons. The Bertz CT molecular complexity index is 1070. The lowest BCUT2D eigenvalue weighted by Gasteiger charge is -2.08. The van der Waals surface area contributed by atoms with E-state index in [1.807, 2.05) is 42.5 Å². The molecule has 0 fully saturated rings. The van der Waals surface area contributed by atoms with E-state index >= 15 is 0 Å². The fourth-order valence-corrected chi connectivity index (χ4v) is 3.10. The van der Waals surface area contributed by atoms with E-state index in [1.54, 1.807) is 6.07 Å². The standard InChI is InChI=1S/C19H16N4O/c20-17-15(18(21)24)10-14-13-8-4-5-9-16(13)23(19(14)22-17)11-12-6-2-1-3-7-12/h1-10H,11H2,(H2,20,22)(H2,21,24). The van der Waals surface area contributed by atoms with Gasteiger partial charge in [0.1, 0.15) is 11.5 Å². The molecular formula is C19H16N4O. The molecule has 0 spiro atoms. The summed E-state index contributed by atoms with van der Waals surface area (Å²) in [5.74, 6) is -0.408. The van der Waals surface area contributed by atoms with Crippen LogP contribution < -0.4 is 11.5 Å². The van der Waals surface area contributed by atoms with Crippen molar-refractivity contribution in [2.75, 3.05) is 5.73 Å². The summed E-state index contributed by atoms with van der Waals surface area (Å²) >= 11 is 0. The zero-order valence-corrected chi connectivity index (χ0v) is 12.9. The van der Waals surface area contributed by atoms with E-state index in [4.69, 9.17) is 11.5 Å². The maximum Gasteiger partial charge on any atom is 0.252 e. The number of nitrogens with two attached hydrogens (primary N) is 2. The molecule has 0 aliphatic carbocycles. The van der Waals surface area contributed by atoms with Gasteiger partial charge in [0.15, 0.2) is 0 Å². The van der Waals surface area contributed by atoms with Crippen molar-refractivity contribution in [3.63, 3.8) is 0 Å². The third-order valence-electron chi connectivity index (χ3n) is 4.22. The van der Waals surface area contributed by atoms with E-state index in [0.29, 0.717) is 6.54 Å². The maximum atomic E-state index is 11.6. The highest BCUT2D eigenvalue weighted by atomic mass is 16.1. The molecule has 0 unspecified atom stereocenters. The van der Waals surface area contributed by atoms with Crippen molar-refractivity contribution >= 4 is 33.7 Å². The smallest absolute Gasteiger partial charge is 0.252 e. The molecule has 0 saturated carbocycles. The largest absolute Gasteiger partial charge is 0.383 e. The van der Waals surface area contributed by atoms with Crippen LogP contribution >= 0.6 is 0 Å². The van der Waals surface area contributed by atoms with Gasteiger partial charge in [-0.25, -0.2) is 4.98 Å². The zero-order valence-electron chi connectivity index (χ0n) is 12.9. The number of hydrogen-bond acceptors (Lipinski definition) is 3. The summed E-state index contributed by atoms with van der Waals surface area (Å²) in [5, 5.41) is 1.91. The molecule has 0 saturated heterocycles. The Morgan fingerprint density at radius 2 is 1.71 bits per heavy atom. The number of rotatable bonds is 3. The van der Waals surface area contributed by atoms with Gasteiger partial charge >= 0.3 is 0 Å². The Kier molecular flexibility index (Phi) is 3.20. The average Bonchev–Trinajstić information content (AvgIpc) is 2.88. The predicted molar refractivity (Wildman–Crippen MR) is 95.7 cm³/mol. The number of fused-ring (bicyclic) bond motifs is 3. The first-order valence-electron chi connectivity index (χ1n) is 7.66. The second-order valence-corrected chi connectivity index (χ2v) is 5.75. The minimum Gasteiger partial charge on any atom is -0.383 e. The monoisotopic (exact) mass is 316 g/mol. The molecule has 5 nitrogen and oxygen atoms in total. The van der Waals surface area contributed by atoms with Gasteiger partial charge in [0.25, 0.3) is 5.91 Å². The molecule has 2 aromatic carbocycles. The minimum absolute atomic E-state index is 0.159. The highest BCUT2D eigenvalue weighted by Gasteiger charge is 2.16. The number of amides is 1. The Balaban J connectivity index is 2.03. The molecule has 1 amide bonds. The molecule has 5 heteroatoms. The number of anilines is 1. The Morgan fingerprint density at radius 1 is 1.00 bits per heavy atom. The second-order valence-electron chi connectivity index (χ2n) is 5.75. The van der Waals surface area contributed by atoms with Crippen molar-refractivity contribution in [2.45, 2.75) is 6.54 Å². The van der Waals surface area contributed by atoms with Gasteiger partial charge in [0.2, 0.25) is 0 Å². The molecule has 0 atom stereocenters. The molecule has 4 rings (SSSR count). The number of carbonyl (C=O) groups is 1. The molecule has 0 aliphatic heterocycles. The van der Waals surface area contributed by atoms with Crippen LogP contribution in [0.3, 0.4) is 0 Å². The molecule has 24 heavy (non-hydrogen) atoms. The molecule has 2 heterocycles. The lowest BCUT2D eigenvalue weighted by atomic mass is 10.1. The number of pyridine rings is 1. The number of primary amides is 1. The minimum atomic E-state index is -0.568. The summed E-state index contributed by atoms with van der Waals surface area (Å²) < 4.78 is 2.11. The van der Waals surface area contributed by atoms with Gasteiger partial charge < -0.3 is 16.0 Å². The molecule has 2 aromatic heterocycles. The second kappa shape index (κ2) is 5.38. The topological polar surface area (TPSA) is 86.9 Å². The Morgan fingerprint density at radius 3 is 2.46 bits per heavy atom. The zero-order chi connectivity index (χ0) is 16.7. The van der Waals surface area contributed by atoms with E-state index in [2.05, 4.69) is 21.7 Å². The molecule has 0 bridgehead atoms. The first-order chi connectivity index (χ1) is 11.6. The van der Waals surface area contributed by atoms with E-state index in [1.165, 1.54) is 5.56 Å². The molecule has 4 aromatic rings. The van der Waals surface area contributed by atoms with Crippen molar-refractivity contribution in [3.05, 3.63) is 71.8 Å². The lowest BCUT2D eigenvalue weighted by Crippen LogP contribution is -2.14. The fourth-order valence-electron chi connectivity index (χ4n) is 3.10. The summed E-state index contributed by atoms with van der Waals surface area (Å²) in [6.45, 7) is 0.674. The summed E-state index contributed by atoms with van der Waals surface area (Å²) in [7, 11) is 0. The molecule has 4 N–H and O–H groups in total. The number of benzene rings is 2. The van der Waals surface area contributed by atoms with E-state index in [-0.39, 0.29) is 11.4 Å². The summed E-state index contributed by atoms with van der Waals surface area (Å²) in [6.07, 6.45) is 0. The highest BCUT2D eigenvalue weighted by molar-refractivity contribution is 6.10. The summed E-state index contributed by atoms with van der Waals surface area (Å²) in [6, 6.07) is 19.9. The quantitative estimate of drug-likeness (QED) is 0.609. The normalized spacial score (nSPS) is 11.2. The predicted octanol–water partition coefficient (Wildman–Crippen LogP) is 2.92. The van der Waals surface area contributed by atoms with Gasteiger partial charge in [-0.15, -0.1) is 0 Å². The first-order valence-corrected chi connectivity index (χ1v) is 7.66. The number of aromatic nitrogens is 2. The number of carbonyl (C=O) groups excluding carboxylic acids is 1. The summed E-state index contributed by atoms with van der Waals surface area (Å²) in [5.41, 5.74) is 14.6. The van der Waals surface area contributed by atoms with Gasteiger partial charge in [-0.1, -0.05) is 48.5 Å². The van der Waals surface area contributed by atoms with Crippen LogP contribution in [0, 0.1) is 0 Å². The Labute approximate surface area is 138 Å². The SMILES string of the molecule is NC(=O)c1cc2c3ccccc3n(Cc3ccccc3)c2nc1N. The number of para-hydroxylation sites is 1.